The predicted octanol–water partition coefficient (Wildman–Crippen LogP) is 4.82. The highest BCUT2D eigenvalue weighted by Gasteiger charge is 2.05. The lowest BCUT2D eigenvalue weighted by Gasteiger charge is -2.15. The molecule has 1 rings (SSSR count). The van der Waals surface area contributed by atoms with Crippen molar-refractivity contribution in [3.05, 3.63) is 29.8 Å². The van der Waals surface area contributed by atoms with E-state index in [9.17, 15) is 0 Å². The zero-order valence-electron chi connectivity index (χ0n) is 14.3. The minimum atomic E-state index is 0.593. The van der Waals surface area contributed by atoms with Crippen LogP contribution in [0.2, 0.25) is 0 Å². The molecule has 0 aliphatic carbocycles. The average Bonchev–Trinajstić information content (AvgIpc) is 2.53. The summed E-state index contributed by atoms with van der Waals surface area (Å²) in [6.07, 6.45) is 5.90. The van der Waals surface area contributed by atoms with Crippen molar-refractivity contribution in [2.24, 2.45) is 5.92 Å². The maximum atomic E-state index is 5.87. The summed E-state index contributed by atoms with van der Waals surface area (Å²) in [5.74, 6) is 1.68. The van der Waals surface area contributed by atoms with Gasteiger partial charge in [-0.25, -0.2) is 0 Å². The summed E-state index contributed by atoms with van der Waals surface area (Å²) in [7, 11) is 0. The van der Waals surface area contributed by atoms with Crippen molar-refractivity contribution >= 4 is 0 Å². The minimum Gasteiger partial charge on any atom is -0.493 e. The summed E-state index contributed by atoms with van der Waals surface area (Å²) in [6, 6.07) is 9.23. The Labute approximate surface area is 131 Å². The Morgan fingerprint density at radius 3 is 2.29 bits per heavy atom. The van der Waals surface area contributed by atoms with Crippen LogP contribution in [0.4, 0.5) is 0 Å². The van der Waals surface area contributed by atoms with E-state index in [0.29, 0.717) is 12.0 Å². The molecule has 1 aromatic carbocycles. The summed E-state index contributed by atoms with van der Waals surface area (Å²) in [6.45, 7) is 10.9. The molecule has 0 saturated heterocycles. The zero-order valence-corrected chi connectivity index (χ0v) is 14.3. The Bertz CT molecular complexity index is 356. The van der Waals surface area contributed by atoms with Crippen LogP contribution in [-0.2, 0) is 6.42 Å². The summed E-state index contributed by atoms with van der Waals surface area (Å²) in [5, 5.41) is 3.53. The van der Waals surface area contributed by atoms with Gasteiger partial charge in [-0.2, -0.15) is 0 Å². The molecule has 0 bridgehead atoms. The van der Waals surface area contributed by atoms with Crippen molar-refractivity contribution < 1.29 is 4.74 Å². The highest BCUT2D eigenvalue weighted by molar-refractivity contribution is 5.27. The molecular weight excluding hydrogens is 258 g/mol. The standard InChI is InChI=1S/C19H33NO/c1-5-14-20-16(4)8-9-18-10-12-19(13-11-18)21-15-17(6-2)7-3/h10-13,16-17,20H,5-9,14-15H2,1-4H3. The van der Waals surface area contributed by atoms with Crippen LogP contribution in [0.15, 0.2) is 24.3 Å². The van der Waals surface area contributed by atoms with Crippen molar-refractivity contribution in [2.45, 2.75) is 65.8 Å². The van der Waals surface area contributed by atoms with Gasteiger partial charge < -0.3 is 10.1 Å². The van der Waals surface area contributed by atoms with Crippen molar-refractivity contribution in [3.8, 4) is 5.75 Å². The molecule has 2 heteroatoms. The molecule has 0 heterocycles. The molecule has 0 aliphatic rings. The highest BCUT2D eigenvalue weighted by Crippen LogP contribution is 2.16. The van der Waals surface area contributed by atoms with Crippen molar-refractivity contribution in [3.63, 3.8) is 0 Å². The molecule has 1 atom stereocenters. The molecule has 21 heavy (non-hydrogen) atoms. The largest absolute Gasteiger partial charge is 0.493 e. The second-order valence-electron chi connectivity index (χ2n) is 6.03. The lowest BCUT2D eigenvalue weighted by Crippen LogP contribution is -2.27. The van der Waals surface area contributed by atoms with Crippen molar-refractivity contribution in [1.29, 1.82) is 0 Å². The van der Waals surface area contributed by atoms with E-state index in [2.05, 4.69) is 57.3 Å². The first kappa shape index (κ1) is 18.0. The smallest absolute Gasteiger partial charge is 0.119 e. The van der Waals surface area contributed by atoms with E-state index >= 15 is 0 Å². The normalized spacial score (nSPS) is 12.6. The quantitative estimate of drug-likeness (QED) is 0.631. The number of ether oxygens (including phenoxy) is 1. The van der Waals surface area contributed by atoms with E-state index in [1.54, 1.807) is 0 Å². The van der Waals surface area contributed by atoms with Crippen LogP contribution in [0, 0.1) is 5.92 Å². The van der Waals surface area contributed by atoms with Crippen LogP contribution in [0.1, 0.15) is 58.9 Å². The van der Waals surface area contributed by atoms with Gasteiger partial charge in [0.2, 0.25) is 0 Å². The maximum absolute atomic E-state index is 5.87. The molecule has 1 N–H and O–H groups in total. The molecule has 1 aromatic rings. The van der Waals surface area contributed by atoms with Gasteiger partial charge in [-0.1, -0.05) is 45.7 Å². The topological polar surface area (TPSA) is 21.3 Å². The maximum Gasteiger partial charge on any atom is 0.119 e. The molecule has 2 nitrogen and oxygen atoms in total. The summed E-state index contributed by atoms with van der Waals surface area (Å²) in [4.78, 5) is 0. The Balaban J connectivity index is 2.33. The van der Waals surface area contributed by atoms with E-state index < -0.39 is 0 Å². The molecule has 1 unspecified atom stereocenters. The Morgan fingerprint density at radius 2 is 1.71 bits per heavy atom. The SMILES string of the molecule is CCCNC(C)CCc1ccc(OCC(CC)CC)cc1. The van der Waals surface area contributed by atoms with Crippen LogP contribution in [0.25, 0.3) is 0 Å². The monoisotopic (exact) mass is 291 g/mol. The third kappa shape index (κ3) is 7.52. The first-order valence-corrected chi connectivity index (χ1v) is 8.64. The van der Waals surface area contributed by atoms with Gasteiger partial charge in [-0.05, 0) is 56.3 Å². The fourth-order valence-electron chi connectivity index (χ4n) is 2.37. The predicted molar refractivity (Wildman–Crippen MR) is 92.1 cm³/mol. The van der Waals surface area contributed by atoms with E-state index in [4.69, 9.17) is 4.74 Å². The fraction of sp³-hybridized carbons (Fsp3) is 0.684. The Morgan fingerprint density at radius 1 is 1.05 bits per heavy atom. The van der Waals surface area contributed by atoms with Gasteiger partial charge in [0.15, 0.2) is 0 Å². The third-order valence-corrected chi connectivity index (χ3v) is 4.17. The summed E-state index contributed by atoms with van der Waals surface area (Å²) < 4.78 is 5.87. The number of rotatable bonds is 11. The fourth-order valence-corrected chi connectivity index (χ4v) is 2.37. The molecular formula is C19H33NO. The Hall–Kier alpha value is -1.02. The lowest BCUT2D eigenvalue weighted by atomic mass is 10.0. The van der Waals surface area contributed by atoms with Gasteiger partial charge >= 0.3 is 0 Å². The van der Waals surface area contributed by atoms with Crippen LogP contribution in [0.3, 0.4) is 0 Å². The number of nitrogens with one attached hydrogen (secondary N) is 1. The van der Waals surface area contributed by atoms with Gasteiger partial charge in [0, 0.05) is 6.04 Å². The first-order chi connectivity index (χ1) is 10.2. The summed E-state index contributed by atoms with van der Waals surface area (Å²) in [5.41, 5.74) is 1.40. The first-order valence-electron chi connectivity index (χ1n) is 8.64. The third-order valence-electron chi connectivity index (χ3n) is 4.17. The van der Waals surface area contributed by atoms with E-state index in [1.807, 2.05) is 0 Å². The van der Waals surface area contributed by atoms with Gasteiger partial charge in [-0.3, -0.25) is 0 Å². The molecule has 0 amide bonds. The van der Waals surface area contributed by atoms with Crippen LogP contribution in [-0.4, -0.2) is 19.2 Å². The van der Waals surface area contributed by atoms with E-state index in [0.717, 1.165) is 25.3 Å². The lowest BCUT2D eigenvalue weighted by molar-refractivity contribution is 0.240. The van der Waals surface area contributed by atoms with Crippen molar-refractivity contribution in [2.75, 3.05) is 13.2 Å². The molecule has 0 radical (unpaired) electrons. The van der Waals surface area contributed by atoms with Crippen LogP contribution in [0.5, 0.6) is 5.75 Å². The number of aryl methyl sites for hydroxylation is 1. The van der Waals surface area contributed by atoms with Gasteiger partial charge in [0.1, 0.15) is 5.75 Å². The van der Waals surface area contributed by atoms with Gasteiger partial charge in [0.25, 0.3) is 0 Å². The Kier molecular flexibility index (Phi) is 9.16. The molecule has 120 valence electrons. The highest BCUT2D eigenvalue weighted by atomic mass is 16.5. The summed E-state index contributed by atoms with van der Waals surface area (Å²) >= 11 is 0. The number of hydrogen-bond donors (Lipinski definition) is 1. The molecule has 0 aliphatic heterocycles. The molecule has 0 aromatic heterocycles. The van der Waals surface area contributed by atoms with Gasteiger partial charge in [-0.15, -0.1) is 0 Å². The average molecular weight is 291 g/mol. The van der Waals surface area contributed by atoms with Crippen molar-refractivity contribution in [1.82, 2.24) is 5.32 Å². The van der Waals surface area contributed by atoms with Gasteiger partial charge in [0.05, 0.1) is 6.61 Å². The minimum absolute atomic E-state index is 0.593. The second kappa shape index (κ2) is 10.7. The number of hydrogen-bond acceptors (Lipinski definition) is 2. The van der Waals surface area contributed by atoms with E-state index in [1.165, 1.54) is 31.2 Å². The van der Waals surface area contributed by atoms with Crippen LogP contribution < -0.4 is 10.1 Å². The molecule has 0 fully saturated rings. The molecule has 0 saturated carbocycles. The van der Waals surface area contributed by atoms with E-state index in [-0.39, 0.29) is 0 Å². The number of benzene rings is 1. The zero-order chi connectivity index (χ0) is 15.5. The molecule has 0 spiro atoms. The second-order valence-corrected chi connectivity index (χ2v) is 6.03. The van der Waals surface area contributed by atoms with Crippen LogP contribution >= 0.6 is 0 Å².